The Balaban J connectivity index is 2.04. The van der Waals surface area contributed by atoms with E-state index in [0.29, 0.717) is 45.9 Å². The zero-order chi connectivity index (χ0) is 22.2. The molecule has 0 fully saturated rings. The minimum atomic E-state index is -0.0273. The number of ether oxygens (including phenoxy) is 3. The fourth-order valence-corrected chi connectivity index (χ4v) is 2.61. The molecule has 4 nitrogen and oxygen atoms in total. The lowest BCUT2D eigenvalue weighted by atomic mass is 9.97. The van der Waals surface area contributed by atoms with Crippen molar-refractivity contribution in [2.45, 2.75) is 60.3 Å². The summed E-state index contributed by atoms with van der Waals surface area (Å²) in [6.07, 6.45) is 3.51. The molecule has 0 radical (unpaired) electrons. The average Bonchev–Trinajstić information content (AvgIpc) is 2.69. The highest BCUT2D eigenvalue weighted by Crippen LogP contribution is 2.12. The Morgan fingerprint density at radius 2 is 1.40 bits per heavy atom. The molecule has 0 saturated carbocycles. The first-order valence-corrected chi connectivity index (χ1v) is 11.2. The van der Waals surface area contributed by atoms with Gasteiger partial charge in [0.25, 0.3) is 0 Å². The van der Waals surface area contributed by atoms with Crippen LogP contribution in [-0.2, 0) is 14.2 Å². The van der Waals surface area contributed by atoms with Gasteiger partial charge < -0.3 is 14.2 Å². The maximum atomic E-state index is 12.3. The van der Waals surface area contributed by atoms with Crippen molar-refractivity contribution in [3.8, 4) is 11.8 Å². The number of hydrogen-bond acceptors (Lipinski definition) is 4. The standard InChI is InChI=1S/C26H40O4/c1-22(2)8-6-16-28-18-20-30-21-19-29-17-7-9-25(27)24-12-10-23(11-13-24)14-15-26(3,4)5/h10-13,22H,6-9,16-21H2,1-5H3. The molecule has 1 aromatic carbocycles. The van der Waals surface area contributed by atoms with Crippen LogP contribution in [0.3, 0.4) is 0 Å². The van der Waals surface area contributed by atoms with Crippen LogP contribution < -0.4 is 0 Å². The van der Waals surface area contributed by atoms with Crippen molar-refractivity contribution < 1.29 is 19.0 Å². The van der Waals surface area contributed by atoms with Crippen LogP contribution in [0.1, 0.15) is 76.2 Å². The Morgan fingerprint density at radius 1 is 0.867 bits per heavy atom. The molecular weight excluding hydrogens is 376 g/mol. The number of carbonyl (C=O) groups excluding carboxylic acids is 1. The first-order valence-electron chi connectivity index (χ1n) is 11.2. The summed E-state index contributed by atoms with van der Waals surface area (Å²) in [6.45, 7) is 14.4. The molecule has 0 heterocycles. The van der Waals surface area contributed by atoms with E-state index in [1.807, 2.05) is 24.3 Å². The van der Waals surface area contributed by atoms with E-state index in [2.05, 4.69) is 46.5 Å². The smallest absolute Gasteiger partial charge is 0.162 e. The molecule has 0 atom stereocenters. The summed E-state index contributed by atoms with van der Waals surface area (Å²) in [6, 6.07) is 7.53. The van der Waals surface area contributed by atoms with Gasteiger partial charge in [0.05, 0.1) is 26.4 Å². The quantitative estimate of drug-likeness (QED) is 0.214. The Bertz CT molecular complexity index is 644. The van der Waals surface area contributed by atoms with Crippen molar-refractivity contribution >= 4 is 5.78 Å². The van der Waals surface area contributed by atoms with Crippen LogP contribution in [0.2, 0.25) is 0 Å². The van der Waals surface area contributed by atoms with Crippen LogP contribution in [0.15, 0.2) is 24.3 Å². The number of ketones is 1. The Labute approximate surface area is 183 Å². The number of Topliss-reactive ketones (excluding diaryl/α,β-unsaturated/α-hetero) is 1. The van der Waals surface area contributed by atoms with Crippen molar-refractivity contribution in [1.29, 1.82) is 0 Å². The first-order chi connectivity index (χ1) is 14.3. The lowest BCUT2D eigenvalue weighted by Crippen LogP contribution is -2.11. The van der Waals surface area contributed by atoms with Crippen LogP contribution in [0.5, 0.6) is 0 Å². The normalized spacial score (nSPS) is 11.4. The van der Waals surface area contributed by atoms with Gasteiger partial charge in [-0.15, -0.1) is 0 Å². The molecule has 0 aromatic heterocycles. The van der Waals surface area contributed by atoms with Gasteiger partial charge in [0.1, 0.15) is 0 Å². The molecule has 1 aromatic rings. The minimum absolute atomic E-state index is 0.0273. The van der Waals surface area contributed by atoms with Crippen LogP contribution in [0.25, 0.3) is 0 Å². The number of benzene rings is 1. The van der Waals surface area contributed by atoms with Gasteiger partial charge >= 0.3 is 0 Å². The molecule has 0 N–H and O–H groups in total. The predicted octanol–water partition coefficient (Wildman–Crippen LogP) is 5.53. The Morgan fingerprint density at radius 3 is 1.93 bits per heavy atom. The summed E-state index contributed by atoms with van der Waals surface area (Å²) in [5, 5.41) is 0. The van der Waals surface area contributed by atoms with Gasteiger partial charge in [0, 0.05) is 36.2 Å². The highest BCUT2D eigenvalue weighted by atomic mass is 16.5. The topological polar surface area (TPSA) is 44.8 Å². The minimum Gasteiger partial charge on any atom is -0.379 e. The summed E-state index contributed by atoms with van der Waals surface area (Å²) in [7, 11) is 0. The molecule has 0 unspecified atom stereocenters. The van der Waals surface area contributed by atoms with Crippen molar-refractivity contribution in [2.75, 3.05) is 39.6 Å². The van der Waals surface area contributed by atoms with Gasteiger partial charge in [-0.2, -0.15) is 0 Å². The summed E-state index contributed by atoms with van der Waals surface area (Å²) >= 11 is 0. The molecule has 0 amide bonds. The van der Waals surface area contributed by atoms with E-state index in [0.717, 1.165) is 30.1 Å². The molecule has 0 bridgehead atoms. The highest BCUT2D eigenvalue weighted by Gasteiger charge is 2.06. The summed E-state index contributed by atoms with van der Waals surface area (Å²) < 4.78 is 16.5. The van der Waals surface area contributed by atoms with Gasteiger partial charge in [-0.3, -0.25) is 4.79 Å². The van der Waals surface area contributed by atoms with Crippen LogP contribution in [0, 0.1) is 23.2 Å². The first kappa shape index (κ1) is 26.4. The molecule has 30 heavy (non-hydrogen) atoms. The lowest BCUT2D eigenvalue weighted by Gasteiger charge is -2.08. The summed E-state index contributed by atoms with van der Waals surface area (Å²) in [5.41, 5.74) is 1.64. The van der Waals surface area contributed by atoms with Crippen molar-refractivity contribution in [1.82, 2.24) is 0 Å². The molecule has 0 spiro atoms. The monoisotopic (exact) mass is 416 g/mol. The third-order valence-electron chi connectivity index (χ3n) is 4.30. The summed E-state index contributed by atoms with van der Waals surface area (Å²) in [5.74, 6) is 7.22. The van der Waals surface area contributed by atoms with Crippen LogP contribution in [-0.4, -0.2) is 45.4 Å². The van der Waals surface area contributed by atoms with E-state index in [4.69, 9.17) is 14.2 Å². The second-order valence-electron chi connectivity index (χ2n) is 8.98. The molecule has 1 rings (SSSR count). The third-order valence-corrected chi connectivity index (χ3v) is 4.30. The molecule has 4 heteroatoms. The van der Waals surface area contributed by atoms with E-state index in [-0.39, 0.29) is 11.2 Å². The van der Waals surface area contributed by atoms with Crippen molar-refractivity contribution in [2.24, 2.45) is 11.3 Å². The Hall–Kier alpha value is -1.67. The molecule has 0 saturated heterocycles. The summed E-state index contributed by atoms with van der Waals surface area (Å²) in [4.78, 5) is 12.3. The fourth-order valence-electron chi connectivity index (χ4n) is 2.61. The van der Waals surface area contributed by atoms with Gasteiger partial charge in [-0.05, 0) is 58.1 Å². The number of rotatable bonds is 15. The number of carbonyl (C=O) groups is 1. The van der Waals surface area contributed by atoms with Gasteiger partial charge in [0.2, 0.25) is 0 Å². The van der Waals surface area contributed by atoms with Gasteiger partial charge in [-0.1, -0.05) is 37.8 Å². The maximum absolute atomic E-state index is 12.3. The number of hydrogen-bond donors (Lipinski definition) is 0. The Kier molecular flexibility index (Phi) is 13.3. The second kappa shape index (κ2) is 15.2. The predicted molar refractivity (Wildman–Crippen MR) is 123 cm³/mol. The van der Waals surface area contributed by atoms with Gasteiger partial charge in [-0.25, -0.2) is 0 Å². The van der Waals surface area contributed by atoms with Crippen LogP contribution >= 0.6 is 0 Å². The molecule has 168 valence electrons. The van der Waals surface area contributed by atoms with E-state index in [9.17, 15) is 4.79 Å². The van der Waals surface area contributed by atoms with Crippen LogP contribution in [0.4, 0.5) is 0 Å². The molecule has 0 aliphatic rings. The van der Waals surface area contributed by atoms with E-state index >= 15 is 0 Å². The third kappa shape index (κ3) is 14.3. The lowest BCUT2D eigenvalue weighted by molar-refractivity contribution is 0.0131. The fraction of sp³-hybridized carbons (Fsp3) is 0.654. The van der Waals surface area contributed by atoms with E-state index in [1.54, 1.807) is 0 Å². The van der Waals surface area contributed by atoms with Crippen molar-refractivity contribution in [3.63, 3.8) is 0 Å². The zero-order valence-electron chi connectivity index (χ0n) is 19.6. The average molecular weight is 417 g/mol. The van der Waals surface area contributed by atoms with E-state index in [1.165, 1.54) is 6.42 Å². The van der Waals surface area contributed by atoms with Gasteiger partial charge in [0.15, 0.2) is 5.78 Å². The molecule has 0 aliphatic heterocycles. The van der Waals surface area contributed by atoms with E-state index < -0.39 is 0 Å². The largest absolute Gasteiger partial charge is 0.379 e. The molecular formula is C26H40O4. The van der Waals surface area contributed by atoms with Crippen molar-refractivity contribution in [3.05, 3.63) is 35.4 Å². The highest BCUT2D eigenvalue weighted by molar-refractivity contribution is 5.96. The SMILES string of the molecule is CC(C)CCCOCCOCCOCCCC(=O)c1ccc(C#CC(C)(C)C)cc1. The maximum Gasteiger partial charge on any atom is 0.162 e. The second-order valence-corrected chi connectivity index (χ2v) is 8.98. The zero-order valence-corrected chi connectivity index (χ0v) is 19.6. The molecule has 0 aliphatic carbocycles.